The van der Waals surface area contributed by atoms with Gasteiger partial charge < -0.3 is 20.1 Å². The Kier molecular flexibility index (Phi) is 10.5. The Morgan fingerprint density at radius 1 is 1.16 bits per heavy atom. The molecule has 138 valence electrons. The minimum atomic E-state index is 0. The summed E-state index contributed by atoms with van der Waals surface area (Å²) in [6, 6.07) is 8.32. The molecule has 25 heavy (non-hydrogen) atoms. The van der Waals surface area contributed by atoms with Crippen LogP contribution in [0.25, 0.3) is 0 Å². The minimum absolute atomic E-state index is 0. The molecule has 1 heterocycles. The molecule has 0 spiro atoms. The number of thiophene rings is 1. The molecular weight excluding hydrogens is 449 g/mol. The third-order valence-electron chi connectivity index (χ3n) is 3.48. The molecule has 7 heteroatoms. The van der Waals surface area contributed by atoms with Gasteiger partial charge in [-0.3, -0.25) is 4.99 Å². The summed E-state index contributed by atoms with van der Waals surface area (Å²) in [6.07, 6.45) is 0. The van der Waals surface area contributed by atoms with E-state index in [1.807, 2.05) is 6.07 Å². The lowest BCUT2D eigenvalue weighted by atomic mass is 10.1. The van der Waals surface area contributed by atoms with Crippen LogP contribution in [0.15, 0.2) is 40.0 Å². The zero-order valence-electron chi connectivity index (χ0n) is 14.9. The molecule has 0 fully saturated rings. The predicted molar refractivity (Wildman–Crippen MR) is 115 cm³/mol. The number of hydrogen-bond acceptors (Lipinski definition) is 4. The van der Waals surface area contributed by atoms with E-state index in [2.05, 4.69) is 51.5 Å². The summed E-state index contributed by atoms with van der Waals surface area (Å²) in [5.74, 6) is 1.65. The van der Waals surface area contributed by atoms with Crippen LogP contribution < -0.4 is 15.4 Å². The van der Waals surface area contributed by atoms with Gasteiger partial charge in [0.15, 0.2) is 5.96 Å². The molecule has 1 aromatic heterocycles. The summed E-state index contributed by atoms with van der Waals surface area (Å²) >= 11 is 1.69. The fourth-order valence-electron chi connectivity index (χ4n) is 2.16. The van der Waals surface area contributed by atoms with Crippen molar-refractivity contribution < 1.29 is 9.47 Å². The van der Waals surface area contributed by atoms with E-state index in [-0.39, 0.29) is 24.0 Å². The fourth-order valence-corrected chi connectivity index (χ4v) is 2.82. The van der Waals surface area contributed by atoms with Crippen molar-refractivity contribution in [1.29, 1.82) is 0 Å². The highest BCUT2D eigenvalue weighted by Gasteiger charge is 2.06. The molecule has 0 saturated carbocycles. The molecule has 0 amide bonds. The van der Waals surface area contributed by atoms with Gasteiger partial charge in [0.25, 0.3) is 0 Å². The molecule has 0 radical (unpaired) electrons. The molecule has 5 nitrogen and oxygen atoms in total. The van der Waals surface area contributed by atoms with E-state index in [9.17, 15) is 0 Å². The van der Waals surface area contributed by atoms with Crippen LogP contribution in [0.5, 0.6) is 5.75 Å². The molecule has 0 unspecified atom stereocenters. The molecule has 1 aromatic carbocycles. The van der Waals surface area contributed by atoms with Crippen LogP contribution in [-0.2, 0) is 17.8 Å². The van der Waals surface area contributed by atoms with Gasteiger partial charge in [0, 0.05) is 32.8 Å². The number of nitrogens with zero attached hydrogens (tertiary/aromatic N) is 1. The lowest BCUT2D eigenvalue weighted by molar-refractivity contribution is 0.145. The molecule has 0 aliphatic heterocycles. The molecule has 2 aromatic rings. The van der Waals surface area contributed by atoms with Gasteiger partial charge in [0.1, 0.15) is 12.4 Å². The van der Waals surface area contributed by atoms with Crippen molar-refractivity contribution in [3.63, 3.8) is 0 Å². The van der Waals surface area contributed by atoms with Crippen molar-refractivity contribution in [1.82, 2.24) is 10.6 Å². The van der Waals surface area contributed by atoms with Crippen LogP contribution in [0, 0.1) is 6.92 Å². The fraction of sp³-hybridized carbons (Fsp3) is 0.389. The first kappa shape index (κ1) is 21.7. The number of halogens is 1. The van der Waals surface area contributed by atoms with Gasteiger partial charge in [-0.05, 0) is 40.9 Å². The standard InChI is InChI=1S/C18H25N3O2S.HI/c1-14-4-5-16(17(10-14)23-8-7-22-3)12-21-18(19-2)20-11-15-6-9-24-13-15;/h4-6,9-10,13H,7-8,11-12H2,1-3H3,(H2,19,20,21);1H. The number of hydrogen-bond donors (Lipinski definition) is 2. The zero-order valence-corrected chi connectivity index (χ0v) is 18.0. The van der Waals surface area contributed by atoms with Crippen molar-refractivity contribution in [2.45, 2.75) is 20.0 Å². The van der Waals surface area contributed by atoms with Crippen LogP contribution in [0.2, 0.25) is 0 Å². The molecule has 0 atom stereocenters. The SMILES string of the molecule is CN=C(NCc1ccsc1)NCc1ccc(C)cc1OCCOC.I. The zero-order chi connectivity index (χ0) is 17.2. The Labute approximate surface area is 170 Å². The smallest absolute Gasteiger partial charge is 0.191 e. The highest BCUT2D eigenvalue weighted by atomic mass is 127. The van der Waals surface area contributed by atoms with Crippen LogP contribution >= 0.6 is 35.3 Å². The van der Waals surface area contributed by atoms with Gasteiger partial charge in [0.05, 0.1) is 6.61 Å². The molecular formula is C18H26IN3O2S. The van der Waals surface area contributed by atoms with Crippen LogP contribution in [0.1, 0.15) is 16.7 Å². The second-order valence-corrected chi connectivity index (χ2v) is 6.14. The van der Waals surface area contributed by atoms with Crippen molar-refractivity contribution >= 4 is 41.3 Å². The third-order valence-corrected chi connectivity index (χ3v) is 4.21. The number of aryl methyl sites for hydroxylation is 1. The summed E-state index contributed by atoms with van der Waals surface area (Å²) in [7, 11) is 3.44. The summed E-state index contributed by atoms with van der Waals surface area (Å²) in [5.41, 5.74) is 3.52. The Morgan fingerprint density at radius 3 is 2.64 bits per heavy atom. The average Bonchev–Trinajstić information content (AvgIpc) is 3.10. The molecule has 0 saturated heterocycles. The van der Waals surface area contributed by atoms with Crippen molar-refractivity contribution in [3.05, 3.63) is 51.7 Å². The Balaban J connectivity index is 0.00000312. The molecule has 0 bridgehead atoms. The number of rotatable bonds is 8. The first-order chi connectivity index (χ1) is 11.7. The maximum atomic E-state index is 5.82. The number of methoxy groups -OCH3 is 1. The van der Waals surface area contributed by atoms with Gasteiger partial charge in [-0.2, -0.15) is 11.3 Å². The summed E-state index contributed by atoms with van der Waals surface area (Å²) < 4.78 is 10.9. The number of aliphatic imine (C=N–C) groups is 1. The van der Waals surface area contributed by atoms with Gasteiger partial charge in [-0.1, -0.05) is 12.1 Å². The second kappa shape index (κ2) is 12.1. The number of guanidine groups is 1. The lowest BCUT2D eigenvalue weighted by Crippen LogP contribution is -2.36. The Bertz CT molecular complexity index is 648. The third kappa shape index (κ3) is 7.62. The van der Waals surface area contributed by atoms with Crippen molar-refractivity contribution in [2.75, 3.05) is 27.4 Å². The average molecular weight is 475 g/mol. The van der Waals surface area contributed by atoms with Crippen LogP contribution in [-0.4, -0.2) is 33.3 Å². The van der Waals surface area contributed by atoms with E-state index >= 15 is 0 Å². The maximum absolute atomic E-state index is 5.82. The first-order valence-electron chi connectivity index (χ1n) is 7.89. The van der Waals surface area contributed by atoms with Crippen molar-refractivity contribution in [2.24, 2.45) is 4.99 Å². The van der Waals surface area contributed by atoms with Crippen LogP contribution in [0.3, 0.4) is 0 Å². The van der Waals surface area contributed by atoms with Crippen molar-refractivity contribution in [3.8, 4) is 5.75 Å². The number of benzene rings is 1. The first-order valence-corrected chi connectivity index (χ1v) is 8.84. The largest absolute Gasteiger partial charge is 0.491 e. The minimum Gasteiger partial charge on any atom is -0.491 e. The summed E-state index contributed by atoms with van der Waals surface area (Å²) in [4.78, 5) is 4.26. The number of ether oxygens (including phenoxy) is 2. The van der Waals surface area contributed by atoms with E-state index < -0.39 is 0 Å². The van der Waals surface area contributed by atoms with E-state index in [0.717, 1.165) is 23.8 Å². The lowest BCUT2D eigenvalue weighted by Gasteiger charge is -2.15. The Morgan fingerprint density at radius 2 is 1.96 bits per heavy atom. The van der Waals surface area contributed by atoms with E-state index in [0.29, 0.717) is 19.8 Å². The quantitative estimate of drug-likeness (QED) is 0.265. The number of nitrogens with one attached hydrogen (secondary N) is 2. The van der Waals surface area contributed by atoms with E-state index in [1.54, 1.807) is 25.5 Å². The topological polar surface area (TPSA) is 54.9 Å². The predicted octanol–water partition coefficient (Wildman–Crippen LogP) is 3.56. The monoisotopic (exact) mass is 475 g/mol. The van der Waals surface area contributed by atoms with Gasteiger partial charge in [-0.15, -0.1) is 24.0 Å². The molecule has 0 aliphatic carbocycles. The van der Waals surface area contributed by atoms with E-state index in [4.69, 9.17) is 9.47 Å². The van der Waals surface area contributed by atoms with E-state index in [1.165, 1.54) is 11.1 Å². The summed E-state index contributed by atoms with van der Waals surface area (Å²) in [5, 5.41) is 10.8. The highest BCUT2D eigenvalue weighted by Crippen LogP contribution is 2.20. The van der Waals surface area contributed by atoms with Gasteiger partial charge in [0.2, 0.25) is 0 Å². The van der Waals surface area contributed by atoms with Gasteiger partial charge >= 0.3 is 0 Å². The van der Waals surface area contributed by atoms with Gasteiger partial charge in [-0.25, -0.2) is 0 Å². The Hall–Kier alpha value is -1.32. The second-order valence-electron chi connectivity index (χ2n) is 5.36. The van der Waals surface area contributed by atoms with Crippen LogP contribution in [0.4, 0.5) is 0 Å². The molecule has 0 aliphatic rings. The molecule has 2 N–H and O–H groups in total. The summed E-state index contributed by atoms with van der Waals surface area (Å²) in [6.45, 7) is 4.57. The highest BCUT2D eigenvalue weighted by molar-refractivity contribution is 14.0. The normalized spacial score (nSPS) is 10.9. The maximum Gasteiger partial charge on any atom is 0.191 e. The molecule has 2 rings (SSSR count).